The lowest BCUT2D eigenvalue weighted by atomic mass is 10.0. The zero-order valence-corrected chi connectivity index (χ0v) is 11.5. The third kappa shape index (κ3) is 6.57. The van der Waals surface area contributed by atoms with Gasteiger partial charge in [-0.05, 0) is 31.4 Å². The minimum atomic E-state index is 0.504. The summed E-state index contributed by atoms with van der Waals surface area (Å²) in [7, 11) is 0. The second kappa shape index (κ2) is 9.09. The molecule has 0 aromatic carbocycles. The van der Waals surface area contributed by atoms with E-state index in [4.69, 9.17) is 0 Å². The van der Waals surface area contributed by atoms with Gasteiger partial charge in [0.2, 0.25) is 0 Å². The highest BCUT2D eigenvalue weighted by Crippen LogP contribution is 2.29. The summed E-state index contributed by atoms with van der Waals surface area (Å²) in [6, 6.07) is 0. The summed E-state index contributed by atoms with van der Waals surface area (Å²) in [6.07, 6.45) is 11.8. The van der Waals surface area contributed by atoms with Crippen molar-refractivity contribution < 1.29 is 4.79 Å². The molecule has 0 aromatic rings. The summed E-state index contributed by atoms with van der Waals surface area (Å²) >= 11 is 2.07. The first-order valence-corrected chi connectivity index (χ1v) is 8.01. The number of rotatable bonds is 9. The zero-order chi connectivity index (χ0) is 11.6. The van der Waals surface area contributed by atoms with Crippen LogP contribution in [0.15, 0.2) is 0 Å². The van der Waals surface area contributed by atoms with Crippen molar-refractivity contribution in [1.29, 1.82) is 0 Å². The molecule has 1 aliphatic rings. The van der Waals surface area contributed by atoms with E-state index in [1.807, 2.05) is 0 Å². The van der Waals surface area contributed by atoms with Crippen molar-refractivity contribution in [3.8, 4) is 0 Å². The Morgan fingerprint density at radius 2 is 2.00 bits per heavy atom. The Hall–Kier alpha value is 0.0200. The minimum absolute atomic E-state index is 0.504. The average molecular weight is 242 g/mol. The second-order valence-electron chi connectivity index (χ2n) is 4.88. The molecule has 2 heteroatoms. The molecule has 0 saturated carbocycles. The van der Waals surface area contributed by atoms with Crippen molar-refractivity contribution in [1.82, 2.24) is 0 Å². The number of Topliss-reactive ketones (excluding diaryl/α,β-unsaturated/α-hetero) is 1. The van der Waals surface area contributed by atoms with Gasteiger partial charge in [-0.25, -0.2) is 0 Å². The van der Waals surface area contributed by atoms with Gasteiger partial charge in [0.05, 0.1) is 0 Å². The van der Waals surface area contributed by atoms with Crippen molar-refractivity contribution in [3.05, 3.63) is 0 Å². The zero-order valence-electron chi connectivity index (χ0n) is 10.7. The predicted octanol–water partition coefficient (Wildman–Crippen LogP) is 4.59. The van der Waals surface area contributed by atoms with Gasteiger partial charge < -0.3 is 0 Å². The van der Waals surface area contributed by atoms with Crippen LogP contribution in [0, 0.1) is 0 Å². The number of hydrogen-bond donors (Lipinski definition) is 0. The van der Waals surface area contributed by atoms with Gasteiger partial charge in [0.25, 0.3) is 0 Å². The summed E-state index contributed by atoms with van der Waals surface area (Å²) in [6.45, 7) is 2.23. The first-order chi connectivity index (χ1) is 7.83. The Bertz CT molecular complexity index is 185. The number of thioether (sulfide) groups is 1. The number of ketones is 1. The fourth-order valence-electron chi connectivity index (χ4n) is 2.24. The van der Waals surface area contributed by atoms with Crippen molar-refractivity contribution >= 4 is 17.5 Å². The molecular formula is C14H26OS. The Kier molecular flexibility index (Phi) is 8.00. The Labute approximate surface area is 105 Å². The standard InChI is InChI=1S/C14H26OS/c1-2-3-4-5-6-8-13(15)10-11-14-9-7-12-16-14/h14H,2-12H2,1H3. The maximum absolute atomic E-state index is 11.6. The van der Waals surface area contributed by atoms with Gasteiger partial charge in [-0.2, -0.15) is 11.8 Å². The maximum atomic E-state index is 11.6. The summed E-state index contributed by atoms with van der Waals surface area (Å²) in [4.78, 5) is 11.6. The number of carbonyl (C=O) groups excluding carboxylic acids is 1. The maximum Gasteiger partial charge on any atom is 0.132 e. The fraction of sp³-hybridized carbons (Fsp3) is 0.929. The second-order valence-corrected chi connectivity index (χ2v) is 6.28. The highest BCUT2D eigenvalue weighted by Gasteiger charge is 2.16. The Morgan fingerprint density at radius 1 is 1.19 bits per heavy atom. The molecule has 16 heavy (non-hydrogen) atoms. The van der Waals surface area contributed by atoms with Crippen molar-refractivity contribution in [3.63, 3.8) is 0 Å². The predicted molar refractivity (Wildman–Crippen MR) is 73.1 cm³/mol. The van der Waals surface area contributed by atoms with E-state index in [1.165, 1.54) is 44.3 Å². The van der Waals surface area contributed by atoms with Gasteiger partial charge in [0.15, 0.2) is 0 Å². The van der Waals surface area contributed by atoms with Gasteiger partial charge in [0, 0.05) is 18.1 Å². The van der Waals surface area contributed by atoms with E-state index in [0.29, 0.717) is 5.78 Å². The van der Waals surface area contributed by atoms with Crippen molar-refractivity contribution in [2.75, 3.05) is 5.75 Å². The van der Waals surface area contributed by atoms with Crippen LogP contribution in [0.1, 0.15) is 71.1 Å². The summed E-state index contributed by atoms with van der Waals surface area (Å²) in [5.41, 5.74) is 0. The molecule has 1 heterocycles. The first-order valence-electron chi connectivity index (χ1n) is 6.96. The molecule has 0 radical (unpaired) electrons. The SMILES string of the molecule is CCCCCCCC(=O)CCC1CCCS1. The lowest BCUT2D eigenvalue weighted by Gasteiger charge is -2.07. The van der Waals surface area contributed by atoms with Crippen LogP contribution in [0.3, 0.4) is 0 Å². The van der Waals surface area contributed by atoms with E-state index in [-0.39, 0.29) is 0 Å². The van der Waals surface area contributed by atoms with Crippen LogP contribution in [0.5, 0.6) is 0 Å². The molecule has 0 bridgehead atoms. The molecular weight excluding hydrogens is 216 g/mol. The molecule has 0 amide bonds. The van der Waals surface area contributed by atoms with E-state index >= 15 is 0 Å². The third-order valence-corrected chi connectivity index (χ3v) is 4.80. The molecule has 1 nitrogen and oxygen atoms in total. The molecule has 94 valence electrons. The molecule has 1 atom stereocenters. The van der Waals surface area contributed by atoms with E-state index in [2.05, 4.69) is 18.7 Å². The molecule has 1 aliphatic heterocycles. The van der Waals surface area contributed by atoms with Crippen LogP contribution in [-0.4, -0.2) is 16.8 Å². The van der Waals surface area contributed by atoms with E-state index in [9.17, 15) is 4.79 Å². The van der Waals surface area contributed by atoms with Crippen LogP contribution in [0.4, 0.5) is 0 Å². The largest absolute Gasteiger partial charge is 0.300 e. The van der Waals surface area contributed by atoms with E-state index in [0.717, 1.165) is 30.9 Å². The van der Waals surface area contributed by atoms with Crippen LogP contribution in [0.2, 0.25) is 0 Å². The Balaban J connectivity index is 1.90. The van der Waals surface area contributed by atoms with Crippen LogP contribution < -0.4 is 0 Å². The molecule has 0 spiro atoms. The topological polar surface area (TPSA) is 17.1 Å². The lowest BCUT2D eigenvalue weighted by Crippen LogP contribution is -2.03. The molecule has 0 aromatic heterocycles. The van der Waals surface area contributed by atoms with Crippen molar-refractivity contribution in [2.24, 2.45) is 0 Å². The third-order valence-electron chi connectivity index (χ3n) is 3.33. The van der Waals surface area contributed by atoms with Crippen LogP contribution in [-0.2, 0) is 4.79 Å². The summed E-state index contributed by atoms with van der Waals surface area (Å²) in [5.74, 6) is 1.82. The highest BCUT2D eigenvalue weighted by atomic mass is 32.2. The summed E-state index contributed by atoms with van der Waals surface area (Å²) in [5, 5.41) is 0.795. The average Bonchev–Trinajstić information content (AvgIpc) is 2.79. The number of unbranched alkanes of at least 4 members (excludes halogenated alkanes) is 4. The van der Waals surface area contributed by atoms with Crippen molar-refractivity contribution in [2.45, 2.75) is 76.4 Å². The number of carbonyl (C=O) groups is 1. The van der Waals surface area contributed by atoms with E-state index in [1.54, 1.807) is 0 Å². The first kappa shape index (κ1) is 14.1. The minimum Gasteiger partial charge on any atom is -0.300 e. The van der Waals surface area contributed by atoms with E-state index < -0.39 is 0 Å². The molecule has 1 unspecified atom stereocenters. The monoisotopic (exact) mass is 242 g/mol. The van der Waals surface area contributed by atoms with Crippen LogP contribution in [0.25, 0.3) is 0 Å². The van der Waals surface area contributed by atoms with Gasteiger partial charge in [0.1, 0.15) is 5.78 Å². The van der Waals surface area contributed by atoms with Crippen LogP contribution >= 0.6 is 11.8 Å². The molecule has 1 rings (SSSR count). The smallest absolute Gasteiger partial charge is 0.132 e. The summed E-state index contributed by atoms with van der Waals surface area (Å²) < 4.78 is 0. The van der Waals surface area contributed by atoms with Gasteiger partial charge in [-0.15, -0.1) is 0 Å². The highest BCUT2D eigenvalue weighted by molar-refractivity contribution is 8.00. The lowest BCUT2D eigenvalue weighted by molar-refractivity contribution is -0.119. The fourth-order valence-corrected chi connectivity index (χ4v) is 3.53. The van der Waals surface area contributed by atoms with Gasteiger partial charge in [-0.1, -0.05) is 32.6 Å². The van der Waals surface area contributed by atoms with Gasteiger partial charge >= 0.3 is 0 Å². The molecule has 0 N–H and O–H groups in total. The molecule has 1 saturated heterocycles. The Morgan fingerprint density at radius 3 is 2.69 bits per heavy atom. The molecule has 1 fully saturated rings. The quantitative estimate of drug-likeness (QED) is 0.550. The molecule has 0 aliphatic carbocycles. The van der Waals surface area contributed by atoms with Gasteiger partial charge in [-0.3, -0.25) is 4.79 Å². The normalized spacial score (nSPS) is 20.2. The number of hydrogen-bond acceptors (Lipinski definition) is 2.